The van der Waals surface area contributed by atoms with E-state index in [9.17, 15) is 9.90 Å². The lowest BCUT2D eigenvalue weighted by atomic mass is 9.98. The van der Waals surface area contributed by atoms with E-state index in [0.29, 0.717) is 12.8 Å². The molecule has 1 aromatic heterocycles. The summed E-state index contributed by atoms with van der Waals surface area (Å²) in [5.74, 6) is -0.649. The number of nitriles is 1. The van der Waals surface area contributed by atoms with Crippen molar-refractivity contribution < 1.29 is 9.90 Å². The number of nitrogens with zero attached hydrogens (tertiary/aromatic N) is 3. The van der Waals surface area contributed by atoms with Crippen LogP contribution in [0.25, 0.3) is 0 Å². The highest BCUT2D eigenvalue weighted by Crippen LogP contribution is 2.33. The summed E-state index contributed by atoms with van der Waals surface area (Å²) in [4.78, 5) is 19.2. The number of carboxylic acids is 1. The molecule has 0 radical (unpaired) electrons. The molecule has 1 heterocycles. The summed E-state index contributed by atoms with van der Waals surface area (Å²) in [6, 6.07) is 1.90. The second-order valence-corrected chi connectivity index (χ2v) is 4.08. The molecule has 0 atom stereocenters. The quantitative estimate of drug-likeness (QED) is 0.811. The maximum absolute atomic E-state index is 11.3. The zero-order chi connectivity index (χ0) is 12.3. The molecule has 6 nitrogen and oxygen atoms in total. The Balaban J connectivity index is 2.30. The molecule has 1 aliphatic rings. The van der Waals surface area contributed by atoms with Crippen LogP contribution in [0.15, 0.2) is 12.4 Å². The van der Waals surface area contributed by atoms with Crippen molar-refractivity contribution in [3.05, 3.63) is 18.1 Å². The topological polar surface area (TPSA) is 98.9 Å². The van der Waals surface area contributed by atoms with Gasteiger partial charge in [-0.1, -0.05) is 12.8 Å². The fourth-order valence-electron chi connectivity index (χ4n) is 2.11. The number of aromatic nitrogens is 2. The van der Waals surface area contributed by atoms with Gasteiger partial charge in [0.05, 0.1) is 0 Å². The first-order valence-electron chi connectivity index (χ1n) is 5.41. The van der Waals surface area contributed by atoms with E-state index in [1.807, 2.05) is 6.07 Å². The fourth-order valence-corrected chi connectivity index (χ4v) is 2.11. The van der Waals surface area contributed by atoms with Crippen LogP contribution in [0.1, 0.15) is 31.4 Å². The third-order valence-electron chi connectivity index (χ3n) is 3.03. The number of aliphatic carboxylic acids is 1. The number of rotatable bonds is 3. The second kappa shape index (κ2) is 4.37. The van der Waals surface area contributed by atoms with Crippen molar-refractivity contribution in [3.8, 4) is 6.07 Å². The van der Waals surface area contributed by atoms with E-state index in [4.69, 9.17) is 5.26 Å². The average Bonchev–Trinajstić information content (AvgIpc) is 2.80. The number of anilines is 1. The van der Waals surface area contributed by atoms with Gasteiger partial charge in [0.1, 0.15) is 11.6 Å². The standard InChI is InChI=1S/C11H12N4O2/c12-7-8-9(14-6-5-13-8)15-11(10(16)17)3-1-2-4-11/h5-6H,1-4H2,(H,14,15)(H,16,17). The van der Waals surface area contributed by atoms with Crippen LogP contribution >= 0.6 is 0 Å². The van der Waals surface area contributed by atoms with E-state index in [-0.39, 0.29) is 11.5 Å². The summed E-state index contributed by atoms with van der Waals surface area (Å²) < 4.78 is 0. The van der Waals surface area contributed by atoms with Crippen LogP contribution in [-0.4, -0.2) is 26.6 Å². The monoisotopic (exact) mass is 232 g/mol. The number of hydrogen-bond donors (Lipinski definition) is 2. The lowest BCUT2D eigenvalue weighted by Crippen LogP contribution is -2.44. The number of carbonyl (C=O) groups is 1. The molecule has 0 aromatic carbocycles. The molecule has 0 saturated heterocycles. The predicted molar refractivity (Wildman–Crippen MR) is 59.2 cm³/mol. The van der Waals surface area contributed by atoms with Gasteiger partial charge in [0, 0.05) is 12.4 Å². The Hall–Kier alpha value is -2.16. The van der Waals surface area contributed by atoms with E-state index < -0.39 is 11.5 Å². The van der Waals surface area contributed by atoms with Gasteiger partial charge < -0.3 is 10.4 Å². The maximum Gasteiger partial charge on any atom is 0.329 e. The van der Waals surface area contributed by atoms with Crippen molar-refractivity contribution >= 4 is 11.8 Å². The molecule has 0 unspecified atom stereocenters. The molecule has 1 fully saturated rings. The molecule has 17 heavy (non-hydrogen) atoms. The van der Waals surface area contributed by atoms with Crippen LogP contribution < -0.4 is 5.32 Å². The van der Waals surface area contributed by atoms with E-state index in [1.165, 1.54) is 12.4 Å². The Bertz CT molecular complexity index is 475. The summed E-state index contributed by atoms with van der Waals surface area (Å²) in [6.45, 7) is 0. The van der Waals surface area contributed by atoms with E-state index >= 15 is 0 Å². The minimum absolute atomic E-state index is 0.125. The largest absolute Gasteiger partial charge is 0.480 e. The highest BCUT2D eigenvalue weighted by molar-refractivity contribution is 5.83. The van der Waals surface area contributed by atoms with Gasteiger partial charge in [-0.05, 0) is 12.8 Å². The molecular formula is C11H12N4O2. The minimum Gasteiger partial charge on any atom is -0.480 e. The molecular weight excluding hydrogens is 220 g/mol. The van der Waals surface area contributed by atoms with Crippen molar-refractivity contribution in [1.29, 1.82) is 5.26 Å². The van der Waals surface area contributed by atoms with Crippen molar-refractivity contribution in [3.63, 3.8) is 0 Å². The Labute approximate surface area is 98.3 Å². The first kappa shape index (κ1) is 11.3. The van der Waals surface area contributed by atoms with Crippen LogP contribution in [0.4, 0.5) is 5.82 Å². The molecule has 1 saturated carbocycles. The minimum atomic E-state index is -0.998. The van der Waals surface area contributed by atoms with Gasteiger partial charge in [-0.3, -0.25) is 0 Å². The van der Waals surface area contributed by atoms with Crippen LogP contribution in [0, 0.1) is 11.3 Å². The summed E-state index contributed by atoms with van der Waals surface area (Å²) >= 11 is 0. The second-order valence-electron chi connectivity index (χ2n) is 4.08. The molecule has 6 heteroatoms. The molecule has 2 rings (SSSR count). The summed E-state index contributed by atoms with van der Waals surface area (Å²) in [5.41, 5.74) is -0.873. The SMILES string of the molecule is N#Cc1nccnc1NC1(C(=O)O)CCCC1. The first-order valence-corrected chi connectivity index (χ1v) is 5.41. The van der Waals surface area contributed by atoms with E-state index in [2.05, 4.69) is 15.3 Å². The number of nitrogens with one attached hydrogen (secondary N) is 1. The van der Waals surface area contributed by atoms with E-state index in [1.54, 1.807) is 0 Å². The van der Waals surface area contributed by atoms with Gasteiger partial charge in [0.2, 0.25) is 0 Å². The van der Waals surface area contributed by atoms with Crippen LogP contribution in [0.3, 0.4) is 0 Å². The van der Waals surface area contributed by atoms with Gasteiger partial charge >= 0.3 is 5.97 Å². The number of carboxylic acid groups (broad SMARTS) is 1. The van der Waals surface area contributed by atoms with Crippen molar-refractivity contribution in [2.24, 2.45) is 0 Å². The third kappa shape index (κ3) is 2.04. The highest BCUT2D eigenvalue weighted by atomic mass is 16.4. The Morgan fingerprint density at radius 2 is 2.06 bits per heavy atom. The zero-order valence-electron chi connectivity index (χ0n) is 9.18. The van der Waals surface area contributed by atoms with Gasteiger partial charge in [0.15, 0.2) is 11.5 Å². The summed E-state index contributed by atoms with van der Waals surface area (Å²) in [7, 11) is 0. The first-order chi connectivity index (χ1) is 8.18. The van der Waals surface area contributed by atoms with Gasteiger partial charge in [-0.2, -0.15) is 5.26 Å². The highest BCUT2D eigenvalue weighted by Gasteiger charge is 2.42. The Morgan fingerprint density at radius 3 is 2.65 bits per heavy atom. The van der Waals surface area contributed by atoms with Crippen molar-refractivity contribution in [2.75, 3.05) is 5.32 Å². The molecule has 1 aromatic rings. The summed E-state index contributed by atoms with van der Waals surface area (Å²) in [5, 5.41) is 21.0. The van der Waals surface area contributed by atoms with Crippen molar-refractivity contribution in [2.45, 2.75) is 31.2 Å². The smallest absolute Gasteiger partial charge is 0.329 e. The summed E-state index contributed by atoms with van der Waals surface area (Å²) in [6.07, 6.45) is 5.66. The molecule has 0 bridgehead atoms. The normalized spacial score (nSPS) is 17.4. The zero-order valence-corrected chi connectivity index (χ0v) is 9.18. The number of hydrogen-bond acceptors (Lipinski definition) is 5. The molecule has 0 spiro atoms. The van der Waals surface area contributed by atoms with E-state index in [0.717, 1.165) is 12.8 Å². The van der Waals surface area contributed by atoms with Crippen LogP contribution in [0.2, 0.25) is 0 Å². The Morgan fingerprint density at radius 1 is 1.41 bits per heavy atom. The fraction of sp³-hybridized carbons (Fsp3) is 0.455. The molecule has 2 N–H and O–H groups in total. The molecule has 88 valence electrons. The third-order valence-corrected chi connectivity index (χ3v) is 3.03. The van der Waals surface area contributed by atoms with Crippen LogP contribution in [0.5, 0.6) is 0 Å². The van der Waals surface area contributed by atoms with Crippen molar-refractivity contribution in [1.82, 2.24) is 9.97 Å². The average molecular weight is 232 g/mol. The molecule has 0 aliphatic heterocycles. The Kier molecular flexibility index (Phi) is 2.91. The lowest BCUT2D eigenvalue weighted by Gasteiger charge is -2.25. The maximum atomic E-state index is 11.3. The van der Waals surface area contributed by atoms with Gasteiger partial charge in [0.25, 0.3) is 0 Å². The van der Waals surface area contributed by atoms with Crippen LogP contribution in [-0.2, 0) is 4.79 Å². The van der Waals surface area contributed by atoms with Gasteiger partial charge in [-0.25, -0.2) is 14.8 Å². The lowest BCUT2D eigenvalue weighted by molar-refractivity contribution is -0.142. The molecule has 1 aliphatic carbocycles. The predicted octanol–water partition coefficient (Wildman–Crippen LogP) is 1.16. The van der Waals surface area contributed by atoms with Gasteiger partial charge in [-0.15, -0.1) is 0 Å². The molecule has 0 amide bonds.